The fourth-order valence-electron chi connectivity index (χ4n) is 6.75. The van der Waals surface area contributed by atoms with Crippen LogP contribution in [0.1, 0.15) is 11.1 Å². The van der Waals surface area contributed by atoms with Crippen LogP contribution in [0.2, 0.25) is 0 Å². The highest BCUT2D eigenvalue weighted by Crippen LogP contribution is 2.40. The molecule has 6 aromatic carbocycles. The third kappa shape index (κ3) is 4.09. The van der Waals surface area contributed by atoms with E-state index in [2.05, 4.69) is 47.0 Å². The van der Waals surface area contributed by atoms with Crippen molar-refractivity contribution in [1.82, 2.24) is 24.1 Å². The summed E-state index contributed by atoms with van der Waals surface area (Å²) < 4.78 is 4.13. The van der Waals surface area contributed by atoms with Crippen molar-refractivity contribution in [2.24, 2.45) is 0 Å². The van der Waals surface area contributed by atoms with E-state index in [0.717, 1.165) is 54.7 Å². The molecule has 0 spiro atoms. The summed E-state index contributed by atoms with van der Waals surface area (Å²) in [4.78, 5) is 15.1. The van der Waals surface area contributed by atoms with Crippen molar-refractivity contribution in [2.45, 2.75) is 0 Å². The quantitative estimate of drug-likeness (QED) is 0.197. The second-order valence-electron chi connectivity index (χ2n) is 11.5. The van der Waals surface area contributed by atoms with Gasteiger partial charge in [0, 0.05) is 32.7 Å². The van der Waals surface area contributed by atoms with Crippen molar-refractivity contribution in [3.8, 4) is 46.5 Å². The maximum atomic E-state index is 10.2. The van der Waals surface area contributed by atoms with Gasteiger partial charge in [-0.1, -0.05) is 103 Å². The van der Waals surface area contributed by atoms with E-state index in [1.165, 1.54) is 0 Å². The second kappa shape index (κ2) is 10.8. The van der Waals surface area contributed by atoms with E-state index in [9.17, 15) is 10.5 Å². The summed E-state index contributed by atoms with van der Waals surface area (Å²) in [6.07, 6.45) is 0. The first-order valence-corrected chi connectivity index (χ1v) is 15.5. The SMILES string of the molecule is N#Cc1cccc(C#N)c1-n1c2ccccc2c2cc3c4ccccc4n(-c4nc(-c5ccccc5)nc(-c5ccccc5)n4)c3cc21. The molecule has 48 heavy (non-hydrogen) atoms. The van der Waals surface area contributed by atoms with Gasteiger partial charge in [-0.3, -0.25) is 4.57 Å². The first-order valence-electron chi connectivity index (χ1n) is 15.5. The van der Waals surface area contributed by atoms with Gasteiger partial charge in [-0.2, -0.15) is 20.5 Å². The van der Waals surface area contributed by atoms with Gasteiger partial charge in [-0.25, -0.2) is 4.98 Å². The Hall–Kier alpha value is -7.09. The van der Waals surface area contributed by atoms with Crippen LogP contribution in [-0.4, -0.2) is 24.1 Å². The predicted octanol–water partition coefficient (Wildman–Crippen LogP) is 9.14. The molecule has 0 radical (unpaired) electrons. The van der Waals surface area contributed by atoms with Gasteiger partial charge >= 0.3 is 0 Å². The molecule has 0 saturated carbocycles. The molecule has 0 atom stereocenters. The van der Waals surface area contributed by atoms with Crippen molar-refractivity contribution in [2.75, 3.05) is 0 Å². The third-order valence-electron chi connectivity index (χ3n) is 8.85. The minimum absolute atomic E-state index is 0.426. The molecule has 3 heterocycles. The minimum atomic E-state index is 0.426. The molecule has 9 rings (SSSR count). The lowest BCUT2D eigenvalue weighted by atomic mass is 10.1. The van der Waals surface area contributed by atoms with Crippen molar-refractivity contribution in [1.29, 1.82) is 10.5 Å². The Bertz CT molecular complexity index is 2710. The van der Waals surface area contributed by atoms with Crippen molar-refractivity contribution in [3.63, 3.8) is 0 Å². The predicted molar refractivity (Wildman–Crippen MR) is 189 cm³/mol. The molecule has 7 nitrogen and oxygen atoms in total. The van der Waals surface area contributed by atoms with E-state index in [4.69, 9.17) is 15.0 Å². The van der Waals surface area contributed by atoms with Crippen molar-refractivity contribution < 1.29 is 0 Å². The van der Waals surface area contributed by atoms with E-state index >= 15 is 0 Å². The molecule has 0 fully saturated rings. The van der Waals surface area contributed by atoms with Crippen LogP contribution in [0.25, 0.3) is 78.0 Å². The number of fused-ring (bicyclic) bond motifs is 6. The summed E-state index contributed by atoms with van der Waals surface area (Å²) in [6.45, 7) is 0. The number of aromatic nitrogens is 5. The smallest absolute Gasteiger partial charge is 0.238 e. The zero-order valence-electron chi connectivity index (χ0n) is 25.4. The van der Waals surface area contributed by atoms with Crippen LogP contribution in [0.5, 0.6) is 0 Å². The van der Waals surface area contributed by atoms with Crippen LogP contribution < -0.4 is 0 Å². The summed E-state index contributed by atoms with van der Waals surface area (Å²) in [5.74, 6) is 1.63. The number of benzene rings is 6. The Morgan fingerprint density at radius 2 is 0.896 bits per heavy atom. The second-order valence-corrected chi connectivity index (χ2v) is 11.5. The zero-order valence-corrected chi connectivity index (χ0v) is 25.4. The van der Waals surface area contributed by atoms with Crippen LogP contribution in [0.3, 0.4) is 0 Å². The summed E-state index contributed by atoms with van der Waals surface area (Å²) in [6, 6.07) is 50.5. The fourth-order valence-corrected chi connectivity index (χ4v) is 6.75. The molecule has 9 aromatic rings. The third-order valence-corrected chi connectivity index (χ3v) is 8.85. The summed E-state index contributed by atoms with van der Waals surface area (Å²) in [7, 11) is 0. The van der Waals surface area contributed by atoms with Gasteiger partial charge in [0.05, 0.1) is 38.9 Å². The van der Waals surface area contributed by atoms with E-state index in [-0.39, 0.29) is 0 Å². The summed E-state index contributed by atoms with van der Waals surface area (Å²) in [5, 5.41) is 24.5. The highest BCUT2D eigenvalue weighted by molar-refractivity contribution is 6.19. The van der Waals surface area contributed by atoms with E-state index in [1.54, 1.807) is 18.2 Å². The van der Waals surface area contributed by atoms with Crippen LogP contribution >= 0.6 is 0 Å². The summed E-state index contributed by atoms with van der Waals surface area (Å²) >= 11 is 0. The minimum Gasteiger partial charge on any atom is -0.307 e. The van der Waals surface area contributed by atoms with Gasteiger partial charge in [0.2, 0.25) is 5.95 Å². The molecule has 0 amide bonds. The van der Waals surface area contributed by atoms with Gasteiger partial charge in [0.15, 0.2) is 11.6 Å². The first kappa shape index (κ1) is 27.2. The van der Waals surface area contributed by atoms with Gasteiger partial charge in [-0.05, 0) is 36.4 Å². The standard InChI is InChI=1S/C41H23N7/c42-24-28-16-11-17-29(25-43)38(28)47-34-20-9-7-18-30(34)32-22-33-31-19-8-10-21-35(31)48(37(33)23-36(32)47)41-45-39(26-12-3-1-4-13-26)44-40(46-41)27-14-5-2-6-15-27/h1-23H. The van der Waals surface area contributed by atoms with Crippen LogP contribution in [0.4, 0.5) is 0 Å². The molecule has 0 unspecified atom stereocenters. The number of nitriles is 2. The summed E-state index contributed by atoms with van der Waals surface area (Å²) in [5.41, 5.74) is 6.82. The topological polar surface area (TPSA) is 96.1 Å². The number of para-hydroxylation sites is 3. The molecule has 7 heteroatoms. The zero-order chi connectivity index (χ0) is 32.2. The number of hydrogen-bond donors (Lipinski definition) is 0. The Kier molecular flexibility index (Phi) is 6.11. The molecule has 222 valence electrons. The Balaban J connectivity index is 1.43. The molecule has 0 aliphatic rings. The van der Waals surface area contributed by atoms with E-state index < -0.39 is 0 Å². The highest BCUT2D eigenvalue weighted by atomic mass is 15.2. The Labute approximate surface area is 274 Å². The van der Waals surface area contributed by atoms with Crippen molar-refractivity contribution >= 4 is 43.6 Å². The largest absolute Gasteiger partial charge is 0.307 e. The number of hydrogen-bond acceptors (Lipinski definition) is 5. The maximum Gasteiger partial charge on any atom is 0.238 e. The van der Waals surface area contributed by atoms with Crippen molar-refractivity contribution in [3.05, 3.63) is 151 Å². The number of nitrogens with zero attached hydrogens (tertiary/aromatic N) is 7. The van der Waals surface area contributed by atoms with Crippen LogP contribution in [-0.2, 0) is 0 Å². The average molecular weight is 614 g/mol. The lowest BCUT2D eigenvalue weighted by molar-refractivity contribution is 0.953. The van der Waals surface area contributed by atoms with E-state index in [1.807, 2.05) is 95.6 Å². The molecule has 0 saturated heterocycles. The molecule has 3 aromatic heterocycles. The Morgan fingerprint density at radius 1 is 0.417 bits per heavy atom. The van der Waals surface area contributed by atoms with Gasteiger partial charge in [0.25, 0.3) is 0 Å². The lowest BCUT2D eigenvalue weighted by Crippen LogP contribution is -2.06. The number of rotatable bonds is 4. The van der Waals surface area contributed by atoms with Gasteiger partial charge in [0.1, 0.15) is 12.1 Å². The first-order chi connectivity index (χ1) is 23.7. The van der Waals surface area contributed by atoms with E-state index in [0.29, 0.717) is 34.4 Å². The normalized spacial score (nSPS) is 11.3. The fraction of sp³-hybridized carbons (Fsp3) is 0. The maximum absolute atomic E-state index is 10.2. The lowest BCUT2D eigenvalue weighted by Gasteiger charge is -2.13. The highest BCUT2D eigenvalue weighted by Gasteiger charge is 2.22. The Morgan fingerprint density at radius 3 is 1.44 bits per heavy atom. The molecule has 0 aliphatic heterocycles. The molecular weight excluding hydrogens is 591 g/mol. The molecule has 0 N–H and O–H groups in total. The molecule has 0 aliphatic carbocycles. The molecular formula is C41H23N7. The monoisotopic (exact) mass is 613 g/mol. The van der Waals surface area contributed by atoms with Gasteiger partial charge < -0.3 is 4.57 Å². The molecule has 0 bridgehead atoms. The van der Waals surface area contributed by atoms with Gasteiger partial charge in [-0.15, -0.1) is 0 Å². The average Bonchev–Trinajstić information content (AvgIpc) is 3.65. The van der Waals surface area contributed by atoms with Crippen LogP contribution in [0.15, 0.2) is 140 Å². The van der Waals surface area contributed by atoms with Crippen LogP contribution in [0, 0.1) is 22.7 Å².